The number of benzene rings is 3. The molecule has 0 aliphatic rings. The summed E-state index contributed by atoms with van der Waals surface area (Å²) in [5.41, 5.74) is 1.06. The minimum absolute atomic E-state index is 0.0659. The summed E-state index contributed by atoms with van der Waals surface area (Å²) < 4.78 is 84.6. The predicted molar refractivity (Wildman–Crippen MR) is 140 cm³/mol. The van der Waals surface area contributed by atoms with Crippen molar-refractivity contribution in [2.75, 3.05) is 18.5 Å². The Morgan fingerprint density at radius 1 is 1.00 bits per heavy atom. The molecule has 4 aromatic rings. The first-order chi connectivity index (χ1) is 19.0. The third kappa shape index (κ3) is 6.11. The van der Waals surface area contributed by atoms with Crippen LogP contribution in [0.1, 0.15) is 22.3 Å². The lowest BCUT2D eigenvalue weighted by molar-refractivity contribution is -0.137. The SMILES string of the molecule is COc1ccc(CN(c2nncs2)S(=O)(=O)c2ccc(Oc3cc(C)cc(C(F)(F)F)c3)c(C#N)c2)c(OC)c1. The van der Waals surface area contributed by atoms with Crippen LogP contribution in [0.25, 0.3) is 0 Å². The highest BCUT2D eigenvalue weighted by molar-refractivity contribution is 7.93. The number of aryl methyl sites for hydroxylation is 1. The number of halogens is 3. The van der Waals surface area contributed by atoms with Crippen LogP contribution in [-0.4, -0.2) is 32.8 Å². The van der Waals surface area contributed by atoms with E-state index in [-0.39, 0.29) is 33.6 Å². The molecular weight excluding hydrogens is 569 g/mol. The highest BCUT2D eigenvalue weighted by atomic mass is 32.2. The number of rotatable bonds is 9. The molecular formula is C26H21F3N4O5S2. The second-order valence-electron chi connectivity index (χ2n) is 8.32. The van der Waals surface area contributed by atoms with Crippen LogP contribution in [0.5, 0.6) is 23.0 Å². The number of hydrogen-bond donors (Lipinski definition) is 0. The summed E-state index contributed by atoms with van der Waals surface area (Å²) >= 11 is 0.990. The predicted octanol–water partition coefficient (Wildman–Crippen LogP) is 5.94. The van der Waals surface area contributed by atoms with Crippen LogP contribution in [0, 0.1) is 18.3 Å². The van der Waals surface area contributed by atoms with E-state index in [1.54, 1.807) is 18.2 Å². The maximum absolute atomic E-state index is 13.8. The highest BCUT2D eigenvalue weighted by Crippen LogP contribution is 2.36. The first kappa shape index (κ1) is 28.7. The minimum atomic E-state index is -4.60. The van der Waals surface area contributed by atoms with Gasteiger partial charge in [-0.3, -0.25) is 0 Å². The average molecular weight is 591 g/mol. The molecule has 0 N–H and O–H groups in total. The lowest BCUT2D eigenvalue weighted by Gasteiger charge is -2.23. The van der Waals surface area contributed by atoms with Crippen molar-refractivity contribution in [3.8, 4) is 29.1 Å². The Labute approximate surface area is 232 Å². The topological polar surface area (TPSA) is 115 Å². The maximum atomic E-state index is 13.8. The minimum Gasteiger partial charge on any atom is -0.497 e. The van der Waals surface area contributed by atoms with Crippen LogP contribution in [0.2, 0.25) is 0 Å². The second-order valence-corrected chi connectivity index (χ2v) is 11.0. The molecule has 0 saturated carbocycles. The molecule has 0 fully saturated rings. The van der Waals surface area contributed by atoms with E-state index in [1.165, 1.54) is 44.9 Å². The molecule has 0 aliphatic carbocycles. The quantitative estimate of drug-likeness (QED) is 0.235. The molecule has 3 aromatic carbocycles. The molecule has 9 nitrogen and oxygen atoms in total. The molecule has 0 bridgehead atoms. The summed E-state index contributed by atoms with van der Waals surface area (Å²) in [5, 5.41) is 17.5. The van der Waals surface area contributed by atoms with E-state index < -0.39 is 21.8 Å². The van der Waals surface area contributed by atoms with Crippen LogP contribution >= 0.6 is 11.3 Å². The summed E-state index contributed by atoms with van der Waals surface area (Å²) in [5.74, 6) is 0.624. The number of anilines is 1. The Morgan fingerprint density at radius 3 is 2.40 bits per heavy atom. The average Bonchev–Trinajstić information content (AvgIpc) is 3.45. The van der Waals surface area contributed by atoms with Crippen LogP contribution in [0.15, 0.2) is 65.0 Å². The number of ether oxygens (including phenoxy) is 3. The van der Waals surface area contributed by atoms with Gasteiger partial charge in [0.2, 0.25) is 5.13 Å². The summed E-state index contributed by atoms with van der Waals surface area (Å²) in [6.45, 7) is 1.29. The zero-order valence-corrected chi connectivity index (χ0v) is 22.9. The Kier molecular flexibility index (Phi) is 8.17. The zero-order valence-electron chi connectivity index (χ0n) is 21.3. The number of nitriles is 1. The van der Waals surface area contributed by atoms with Crippen LogP contribution in [0.4, 0.5) is 18.3 Å². The molecule has 1 heterocycles. The molecule has 0 aliphatic heterocycles. The molecule has 1 aromatic heterocycles. The van der Waals surface area contributed by atoms with Gasteiger partial charge in [0, 0.05) is 11.6 Å². The number of aromatic nitrogens is 2. The lowest BCUT2D eigenvalue weighted by Crippen LogP contribution is -2.30. The van der Waals surface area contributed by atoms with E-state index in [9.17, 15) is 26.9 Å². The fraction of sp³-hybridized carbons (Fsp3) is 0.192. The summed E-state index contributed by atoms with van der Waals surface area (Å²) in [4.78, 5) is -0.265. The monoisotopic (exact) mass is 590 g/mol. The van der Waals surface area contributed by atoms with Crippen molar-refractivity contribution in [2.24, 2.45) is 0 Å². The van der Waals surface area contributed by atoms with Gasteiger partial charge in [0.25, 0.3) is 10.0 Å². The normalized spacial score (nSPS) is 11.5. The van der Waals surface area contributed by atoms with Gasteiger partial charge in [0.05, 0.1) is 36.8 Å². The van der Waals surface area contributed by atoms with Crippen LogP contribution in [-0.2, 0) is 22.7 Å². The van der Waals surface area contributed by atoms with Crippen molar-refractivity contribution in [3.63, 3.8) is 0 Å². The van der Waals surface area contributed by atoms with Crippen molar-refractivity contribution in [2.45, 2.75) is 24.5 Å². The molecule has 208 valence electrons. The van der Waals surface area contributed by atoms with Gasteiger partial charge >= 0.3 is 6.18 Å². The van der Waals surface area contributed by atoms with Crippen molar-refractivity contribution in [1.82, 2.24) is 10.2 Å². The van der Waals surface area contributed by atoms with Crippen LogP contribution in [0.3, 0.4) is 0 Å². The molecule has 4 rings (SSSR count). The third-order valence-corrected chi connectivity index (χ3v) is 8.20. The molecule has 0 radical (unpaired) electrons. The van der Waals surface area contributed by atoms with Gasteiger partial charge in [0.1, 0.15) is 34.6 Å². The largest absolute Gasteiger partial charge is 0.497 e. The number of alkyl halides is 3. The van der Waals surface area contributed by atoms with E-state index in [2.05, 4.69) is 10.2 Å². The van der Waals surface area contributed by atoms with Gasteiger partial charge in [-0.25, -0.2) is 12.7 Å². The number of sulfonamides is 1. The number of methoxy groups -OCH3 is 2. The van der Waals surface area contributed by atoms with E-state index in [0.717, 1.165) is 33.8 Å². The fourth-order valence-corrected chi connectivity index (χ4v) is 5.94. The summed E-state index contributed by atoms with van der Waals surface area (Å²) in [6, 6.07) is 13.4. The van der Waals surface area contributed by atoms with Gasteiger partial charge in [-0.2, -0.15) is 18.4 Å². The summed E-state index contributed by atoms with van der Waals surface area (Å²) in [7, 11) is -1.40. The smallest absolute Gasteiger partial charge is 0.416 e. The second kappa shape index (κ2) is 11.4. The van der Waals surface area contributed by atoms with Gasteiger partial charge in [-0.05, 0) is 61.0 Å². The Morgan fingerprint density at radius 2 is 1.77 bits per heavy atom. The van der Waals surface area contributed by atoms with Crippen molar-refractivity contribution < 1.29 is 35.8 Å². The van der Waals surface area contributed by atoms with E-state index in [4.69, 9.17) is 14.2 Å². The molecule has 0 unspecified atom stereocenters. The van der Waals surface area contributed by atoms with Gasteiger partial charge in [0.15, 0.2) is 0 Å². The van der Waals surface area contributed by atoms with Crippen molar-refractivity contribution >= 4 is 26.5 Å². The van der Waals surface area contributed by atoms with Crippen LogP contribution < -0.4 is 18.5 Å². The third-order valence-electron chi connectivity index (χ3n) is 5.64. The van der Waals surface area contributed by atoms with Crippen molar-refractivity contribution in [1.29, 1.82) is 5.26 Å². The lowest BCUT2D eigenvalue weighted by atomic mass is 10.1. The van der Waals surface area contributed by atoms with Gasteiger partial charge < -0.3 is 14.2 Å². The van der Waals surface area contributed by atoms with E-state index in [0.29, 0.717) is 22.6 Å². The van der Waals surface area contributed by atoms with Crippen molar-refractivity contribution in [3.05, 3.63) is 82.4 Å². The molecule has 0 amide bonds. The van der Waals surface area contributed by atoms with E-state index in [1.807, 2.05) is 6.07 Å². The molecule has 14 heteroatoms. The summed E-state index contributed by atoms with van der Waals surface area (Å²) in [6.07, 6.45) is -4.60. The zero-order chi connectivity index (χ0) is 29.1. The Balaban J connectivity index is 1.72. The highest BCUT2D eigenvalue weighted by Gasteiger charge is 2.32. The maximum Gasteiger partial charge on any atom is 0.416 e. The van der Waals surface area contributed by atoms with Gasteiger partial charge in [-0.1, -0.05) is 11.3 Å². The van der Waals surface area contributed by atoms with E-state index >= 15 is 0 Å². The first-order valence-electron chi connectivity index (χ1n) is 11.4. The Hall–Kier alpha value is -4.35. The molecule has 0 saturated heterocycles. The fourth-order valence-electron chi connectivity index (χ4n) is 3.74. The first-order valence-corrected chi connectivity index (χ1v) is 13.7. The molecule has 0 atom stereocenters. The Bertz CT molecular complexity index is 1670. The molecule has 40 heavy (non-hydrogen) atoms. The van der Waals surface area contributed by atoms with Gasteiger partial charge in [-0.15, -0.1) is 10.2 Å². The number of nitrogens with zero attached hydrogens (tertiary/aromatic N) is 4. The number of hydrogen-bond acceptors (Lipinski definition) is 9. The molecule has 0 spiro atoms. The standard InChI is InChI=1S/C26H21F3N4O5S2/c1-16-8-19(26(27,28)29)11-21(9-16)38-23-7-6-22(10-18(23)13-30)40(34,35)33(25-32-31-15-39-25)14-17-4-5-20(36-2)12-24(17)37-3/h4-12,15H,14H2,1-3H3.